The number of allylic oxidation sites excluding steroid dienone is 1. The van der Waals surface area contributed by atoms with E-state index in [0.717, 1.165) is 5.56 Å². The smallest absolute Gasteiger partial charge is 0.159 e. The summed E-state index contributed by atoms with van der Waals surface area (Å²) in [5, 5.41) is 19.9. The number of benzene rings is 1. The van der Waals surface area contributed by atoms with E-state index in [9.17, 15) is 0 Å². The number of nitrogens with zero attached hydrogens (tertiary/aromatic N) is 3. The van der Waals surface area contributed by atoms with Gasteiger partial charge in [-0.2, -0.15) is 10.5 Å². The summed E-state index contributed by atoms with van der Waals surface area (Å²) in [5.74, 6) is 0. The van der Waals surface area contributed by atoms with Crippen LogP contribution in [0.15, 0.2) is 28.8 Å². The van der Waals surface area contributed by atoms with Crippen LogP contribution < -0.4 is 0 Å². The van der Waals surface area contributed by atoms with Gasteiger partial charge in [0.1, 0.15) is 17.2 Å². The molecule has 1 heterocycles. The molecule has 1 aromatic rings. The molecule has 0 bridgehead atoms. The van der Waals surface area contributed by atoms with Gasteiger partial charge in [0.15, 0.2) is 5.57 Å². The van der Waals surface area contributed by atoms with Gasteiger partial charge in [0.2, 0.25) is 0 Å². The monoisotopic (exact) mass is 323 g/mol. The first kappa shape index (κ1) is 15.1. The fraction of sp³-hybridized carbons (Fsp3) is 0.286. The normalized spacial score (nSPS) is 21.5. The molecule has 1 saturated heterocycles. The van der Waals surface area contributed by atoms with Crippen LogP contribution in [0.5, 0.6) is 0 Å². The van der Waals surface area contributed by atoms with Crippen molar-refractivity contribution >= 4 is 35.0 Å². The van der Waals surface area contributed by atoms with E-state index in [0.29, 0.717) is 15.1 Å². The van der Waals surface area contributed by atoms with E-state index >= 15 is 0 Å². The summed E-state index contributed by atoms with van der Waals surface area (Å²) < 4.78 is 0. The average Bonchev–Trinajstić information content (AvgIpc) is 2.69. The SMILES string of the molecule is C[C@@H]1[C@@H](c2c(Cl)cccc2Cl)SC(=C(C#N)C#N)N1C. The standard InChI is InChI=1S/C14H11Cl2N3S/c1-8-13(12-10(15)4-3-5-11(12)16)20-14(19(8)2)9(6-17)7-18/h3-5,8,13H,1-2H3/t8-,13+/m1/s1. The fourth-order valence-corrected chi connectivity index (χ4v) is 4.42. The van der Waals surface area contributed by atoms with Gasteiger partial charge in [0.25, 0.3) is 0 Å². The molecule has 6 heteroatoms. The number of likely N-dealkylation sites (N-methyl/N-ethyl adjacent to an activating group) is 1. The van der Waals surface area contributed by atoms with Crippen LogP contribution in [-0.4, -0.2) is 18.0 Å². The van der Waals surface area contributed by atoms with Gasteiger partial charge in [-0.3, -0.25) is 0 Å². The van der Waals surface area contributed by atoms with Crippen molar-refractivity contribution in [3.05, 3.63) is 44.4 Å². The molecule has 0 N–H and O–H groups in total. The largest absolute Gasteiger partial charge is 0.364 e. The van der Waals surface area contributed by atoms with Crippen molar-refractivity contribution in [2.45, 2.75) is 18.2 Å². The molecule has 0 unspecified atom stereocenters. The second kappa shape index (κ2) is 5.97. The average molecular weight is 324 g/mol. The van der Waals surface area contributed by atoms with Crippen molar-refractivity contribution in [1.29, 1.82) is 10.5 Å². The first-order valence-corrected chi connectivity index (χ1v) is 7.52. The van der Waals surface area contributed by atoms with Gasteiger partial charge in [0.05, 0.1) is 5.25 Å². The van der Waals surface area contributed by atoms with Crippen LogP contribution in [0.25, 0.3) is 0 Å². The molecule has 20 heavy (non-hydrogen) atoms. The summed E-state index contributed by atoms with van der Waals surface area (Å²) in [6, 6.07) is 9.36. The number of rotatable bonds is 1. The summed E-state index contributed by atoms with van der Waals surface area (Å²) in [7, 11) is 1.87. The molecule has 0 spiro atoms. The molecule has 0 radical (unpaired) electrons. The highest BCUT2D eigenvalue weighted by Crippen LogP contribution is 2.51. The third kappa shape index (κ3) is 2.47. The quantitative estimate of drug-likeness (QED) is 0.720. The van der Waals surface area contributed by atoms with E-state index in [1.807, 2.05) is 31.0 Å². The van der Waals surface area contributed by atoms with Crippen molar-refractivity contribution in [3.63, 3.8) is 0 Å². The Bertz CT molecular complexity index is 621. The van der Waals surface area contributed by atoms with Gasteiger partial charge < -0.3 is 4.90 Å². The van der Waals surface area contributed by atoms with Crippen LogP contribution in [0.3, 0.4) is 0 Å². The molecule has 1 aliphatic heterocycles. The first-order chi connectivity index (χ1) is 9.51. The minimum atomic E-state index is -0.00657. The summed E-state index contributed by atoms with van der Waals surface area (Å²) in [6.07, 6.45) is 0. The number of hydrogen-bond donors (Lipinski definition) is 0. The maximum Gasteiger partial charge on any atom is 0.159 e. The van der Waals surface area contributed by atoms with E-state index < -0.39 is 0 Å². The Balaban J connectivity index is 2.50. The Morgan fingerprint density at radius 1 is 1.25 bits per heavy atom. The predicted octanol–water partition coefficient (Wildman–Crippen LogP) is 4.36. The van der Waals surface area contributed by atoms with Gasteiger partial charge in [-0.05, 0) is 19.1 Å². The zero-order chi connectivity index (χ0) is 14.9. The van der Waals surface area contributed by atoms with E-state index in [4.69, 9.17) is 33.7 Å². The molecule has 1 aromatic carbocycles. The molecule has 0 amide bonds. The maximum absolute atomic E-state index is 9.03. The van der Waals surface area contributed by atoms with Gasteiger partial charge in [-0.1, -0.05) is 41.0 Å². The highest BCUT2D eigenvalue weighted by molar-refractivity contribution is 8.03. The van der Waals surface area contributed by atoms with Gasteiger partial charge in [-0.15, -0.1) is 0 Å². The third-order valence-corrected chi connectivity index (χ3v) is 5.59. The van der Waals surface area contributed by atoms with E-state index in [1.165, 1.54) is 11.8 Å². The Hall–Kier alpha value is -1.33. The van der Waals surface area contributed by atoms with Crippen molar-refractivity contribution in [3.8, 4) is 12.1 Å². The molecule has 1 fully saturated rings. The summed E-state index contributed by atoms with van der Waals surface area (Å²) in [5.41, 5.74) is 0.973. The van der Waals surface area contributed by atoms with Crippen LogP contribution in [-0.2, 0) is 0 Å². The molecule has 0 aromatic heterocycles. The molecular formula is C14H11Cl2N3S. The first-order valence-electron chi connectivity index (χ1n) is 5.89. The summed E-state index contributed by atoms with van der Waals surface area (Å²) in [4.78, 5) is 1.93. The van der Waals surface area contributed by atoms with E-state index in [1.54, 1.807) is 18.2 Å². The number of halogens is 2. The lowest BCUT2D eigenvalue weighted by Crippen LogP contribution is -2.25. The second-order valence-electron chi connectivity index (χ2n) is 4.43. The van der Waals surface area contributed by atoms with Gasteiger partial charge >= 0.3 is 0 Å². The molecule has 102 valence electrons. The van der Waals surface area contributed by atoms with E-state index in [-0.39, 0.29) is 16.9 Å². The summed E-state index contributed by atoms with van der Waals surface area (Å²) in [6.45, 7) is 2.02. The Labute approximate surface area is 132 Å². The van der Waals surface area contributed by atoms with Gasteiger partial charge in [-0.25, -0.2) is 0 Å². The van der Waals surface area contributed by atoms with Crippen LogP contribution >= 0.6 is 35.0 Å². The molecule has 2 atom stereocenters. The fourth-order valence-electron chi connectivity index (χ4n) is 2.13. The number of nitriles is 2. The molecule has 0 aliphatic carbocycles. The Morgan fingerprint density at radius 3 is 2.30 bits per heavy atom. The van der Waals surface area contributed by atoms with Crippen molar-refractivity contribution in [1.82, 2.24) is 4.90 Å². The highest BCUT2D eigenvalue weighted by atomic mass is 35.5. The zero-order valence-corrected chi connectivity index (χ0v) is 13.2. The lowest BCUT2D eigenvalue weighted by molar-refractivity contribution is 0.356. The Morgan fingerprint density at radius 2 is 1.80 bits per heavy atom. The van der Waals surface area contributed by atoms with Crippen molar-refractivity contribution < 1.29 is 0 Å². The van der Waals surface area contributed by atoms with Crippen LogP contribution in [0, 0.1) is 22.7 Å². The number of thioether (sulfide) groups is 1. The molecular weight excluding hydrogens is 313 g/mol. The number of hydrogen-bond acceptors (Lipinski definition) is 4. The predicted molar refractivity (Wildman–Crippen MR) is 82.3 cm³/mol. The van der Waals surface area contributed by atoms with Crippen molar-refractivity contribution in [2.24, 2.45) is 0 Å². The molecule has 1 aliphatic rings. The van der Waals surface area contributed by atoms with Crippen LogP contribution in [0.1, 0.15) is 17.7 Å². The third-order valence-electron chi connectivity index (χ3n) is 3.33. The lowest BCUT2D eigenvalue weighted by atomic mass is 10.1. The van der Waals surface area contributed by atoms with Crippen molar-refractivity contribution in [2.75, 3.05) is 7.05 Å². The summed E-state index contributed by atoms with van der Waals surface area (Å²) >= 11 is 14.0. The van der Waals surface area contributed by atoms with Gasteiger partial charge in [0, 0.05) is 28.7 Å². The lowest BCUT2D eigenvalue weighted by Gasteiger charge is -2.22. The maximum atomic E-state index is 9.03. The minimum absolute atomic E-state index is 0.00657. The molecule has 3 nitrogen and oxygen atoms in total. The van der Waals surface area contributed by atoms with E-state index in [2.05, 4.69) is 0 Å². The van der Waals surface area contributed by atoms with Crippen LogP contribution in [0.2, 0.25) is 10.0 Å². The minimum Gasteiger partial charge on any atom is -0.364 e. The zero-order valence-electron chi connectivity index (χ0n) is 10.9. The second-order valence-corrected chi connectivity index (χ2v) is 6.37. The highest BCUT2D eigenvalue weighted by Gasteiger charge is 2.37. The molecule has 0 saturated carbocycles. The Kier molecular flexibility index (Phi) is 4.50. The topological polar surface area (TPSA) is 50.8 Å². The van der Waals surface area contributed by atoms with Crippen LogP contribution in [0.4, 0.5) is 0 Å². The molecule has 2 rings (SSSR count).